The number of ketones is 1. The maximum Gasteiger partial charge on any atom is 0.171 e. The molecule has 2 aromatic rings. The average Bonchev–Trinajstić information content (AvgIpc) is 2.92. The molecule has 1 saturated heterocycles. The zero-order valence-corrected chi connectivity index (χ0v) is 15.3. The second kappa shape index (κ2) is 7.96. The van der Waals surface area contributed by atoms with Gasteiger partial charge < -0.3 is 0 Å². The predicted octanol–water partition coefficient (Wildman–Crippen LogP) is 4.95. The van der Waals surface area contributed by atoms with Crippen LogP contribution in [0.15, 0.2) is 60.7 Å². The highest BCUT2D eigenvalue weighted by atomic mass is 35.5. The van der Waals surface area contributed by atoms with Crippen LogP contribution < -0.4 is 0 Å². The van der Waals surface area contributed by atoms with Gasteiger partial charge in [-0.1, -0.05) is 60.7 Å². The summed E-state index contributed by atoms with van der Waals surface area (Å²) in [5, 5.41) is 0. The van der Waals surface area contributed by atoms with E-state index in [0.717, 1.165) is 24.2 Å². The van der Waals surface area contributed by atoms with Crippen LogP contribution in [0.4, 0.5) is 0 Å². The van der Waals surface area contributed by atoms with Crippen molar-refractivity contribution in [3.8, 4) is 0 Å². The third-order valence-corrected chi connectivity index (χ3v) is 5.05. The fourth-order valence-corrected chi connectivity index (χ4v) is 3.55. The van der Waals surface area contributed by atoms with E-state index in [9.17, 15) is 4.79 Å². The Kier molecular flexibility index (Phi) is 6.20. The van der Waals surface area contributed by atoms with E-state index in [1.165, 1.54) is 12.8 Å². The lowest BCUT2D eigenvalue weighted by atomic mass is 9.89. The van der Waals surface area contributed by atoms with Gasteiger partial charge in [0.05, 0.1) is 5.92 Å². The van der Waals surface area contributed by atoms with Crippen LogP contribution in [0.5, 0.6) is 0 Å². The molecule has 0 spiro atoms. The van der Waals surface area contributed by atoms with Crippen LogP contribution in [-0.2, 0) is 0 Å². The smallest absolute Gasteiger partial charge is 0.171 e. The third kappa shape index (κ3) is 4.06. The first kappa shape index (κ1) is 18.7. The maximum absolute atomic E-state index is 13.1. The zero-order chi connectivity index (χ0) is 16.3. The standard InChI is InChI=1S/C21H25NO.ClH/c1-21(2)14-9-15-22(21)16-19(17-10-5-3-6-11-17)20(23)18-12-7-4-8-13-18;/h3-8,10-13,19H,9,14-16H2,1-2H3;1H. The third-order valence-electron chi connectivity index (χ3n) is 5.05. The first-order valence-corrected chi connectivity index (χ1v) is 8.47. The van der Waals surface area contributed by atoms with E-state index in [1.807, 2.05) is 48.5 Å². The number of hydrogen-bond donors (Lipinski definition) is 0. The van der Waals surface area contributed by atoms with Crippen molar-refractivity contribution in [1.82, 2.24) is 4.90 Å². The fourth-order valence-electron chi connectivity index (χ4n) is 3.55. The summed E-state index contributed by atoms with van der Waals surface area (Å²) in [6.45, 7) is 6.45. The second-order valence-electron chi connectivity index (χ2n) is 7.06. The minimum absolute atomic E-state index is 0. The van der Waals surface area contributed by atoms with Gasteiger partial charge >= 0.3 is 0 Å². The number of carbonyl (C=O) groups excluding carboxylic acids is 1. The lowest BCUT2D eigenvalue weighted by Crippen LogP contribution is -2.42. The molecule has 3 heteroatoms. The van der Waals surface area contributed by atoms with E-state index in [1.54, 1.807) is 0 Å². The van der Waals surface area contributed by atoms with Gasteiger partial charge in [-0.25, -0.2) is 0 Å². The van der Waals surface area contributed by atoms with Gasteiger partial charge in [-0.15, -0.1) is 12.4 Å². The molecule has 1 aliphatic heterocycles. The van der Waals surface area contributed by atoms with Gasteiger partial charge in [0.25, 0.3) is 0 Å². The Morgan fingerprint density at radius 1 is 1.04 bits per heavy atom. The monoisotopic (exact) mass is 343 g/mol. The molecular formula is C21H26ClNO. The van der Waals surface area contributed by atoms with E-state index in [0.29, 0.717) is 0 Å². The molecule has 1 unspecified atom stereocenters. The van der Waals surface area contributed by atoms with Gasteiger partial charge in [0.2, 0.25) is 0 Å². The van der Waals surface area contributed by atoms with Gasteiger partial charge in [-0.05, 0) is 38.8 Å². The van der Waals surface area contributed by atoms with Crippen molar-refractivity contribution in [2.75, 3.05) is 13.1 Å². The van der Waals surface area contributed by atoms with Crippen LogP contribution in [-0.4, -0.2) is 29.3 Å². The number of halogens is 1. The van der Waals surface area contributed by atoms with E-state index in [4.69, 9.17) is 0 Å². The Morgan fingerprint density at radius 3 is 2.17 bits per heavy atom. The number of rotatable bonds is 5. The summed E-state index contributed by atoms with van der Waals surface area (Å²) >= 11 is 0. The summed E-state index contributed by atoms with van der Waals surface area (Å²) in [4.78, 5) is 15.6. The number of nitrogens with zero attached hydrogens (tertiary/aromatic N) is 1. The molecule has 0 bridgehead atoms. The molecule has 0 aromatic heterocycles. The summed E-state index contributed by atoms with van der Waals surface area (Å²) in [5.41, 5.74) is 2.10. The first-order valence-electron chi connectivity index (χ1n) is 8.47. The minimum atomic E-state index is -0.101. The molecule has 2 aromatic carbocycles. The lowest BCUT2D eigenvalue weighted by molar-refractivity contribution is 0.0903. The average molecular weight is 344 g/mol. The molecule has 3 rings (SSSR count). The van der Waals surface area contributed by atoms with Gasteiger partial charge in [-0.2, -0.15) is 0 Å². The molecular weight excluding hydrogens is 318 g/mol. The molecule has 0 N–H and O–H groups in total. The summed E-state index contributed by atoms with van der Waals surface area (Å²) in [7, 11) is 0. The van der Waals surface area contributed by atoms with Crippen LogP contribution in [0, 0.1) is 0 Å². The summed E-state index contributed by atoms with van der Waals surface area (Å²) in [6.07, 6.45) is 2.42. The highest BCUT2D eigenvalue weighted by Crippen LogP contribution is 2.32. The number of likely N-dealkylation sites (tertiary alicyclic amines) is 1. The van der Waals surface area contributed by atoms with Crippen LogP contribution in [0.25, 0.3) is 0 Å². The first-order chi connectivity index (χ1) is 11.1. The van der Waals surface area contributed by atoms with Crippen LogP contribution in [0.1, 0.15) is 48.5 Å². The lowest BCUT2D eigenvalue weighted by Gasteiger charge is -2.34. The minimum Gasteiger partial charge on any atom is -0.297 e. The Morgan fingerprint density at radius 2 is 1.62 bits per heavy atom. The van der Waals surface area contributed by atoms with Gasteiger partial charge in [0, 0.05) is 17.6 Å². The van der Waals surface area contributed by atoms with Gasteiger partial charge in [-0.3, -0.25) is 9.69 Å². The van der Waals surface area contributed by atoms with Crippen LogP contribution >= 0.6 is 12.4 Å². The normalized spacial score (nSPS) is 17.9. The van der Waals surface area contributed by atoms with Crippen molar-refractivity contribution in [3.05, 3.63) is 71.8 Å². The Bertz CT molecular complexity index is 654. The second-order valence-corrected chi connectivity index (χ2v) is 7.06. The maximum atomic E-state index is 13.1. The van der Waals surface area contributed by atoms with E-state index in [-0.39, 0.29) is 29.6 Å². The van der Waals surface area contributed by atoms with Crippen molar-refractivity contribution < 1.29 is 4.79 Å². The molecule has 0 amide bonds. The molecule has 0 saturated carbocycles. The number of carbonyl (C=O) groups is 1. The Labute approximate surface area is 151 Å². The van der Waals surface area contributed by atoms with Crippen molar-refractivity contribution in [2.24, 2.45) is 0 Å². The van der Waals surface area contributed by atoms with Gasteiger partial charge in [0.15, 0.2) is 5.78 Å². The van der Waals surface area contributed by atoms with Crippen LogP contribution in [0.2, 0.25) is 0 Å². The highest BCUT2D eigenvalue weighted by molar-refractivity contribution is 6.01. The molecule has 2 nitrogen and oxygen atoms in total. The molecule has 24 heavy (non-hydrogen) atoms. The van der Waals surface area contributed by atoms with E-state index in [2.05, 4.69) is 30.9 Å². The van der Waals surface area contributed by atoms with Crippen molar-refractivity contribution in [1.29, 1.82) is 0 Å². The molecule has 0 aliphatic carbocycles. The van der Waals surface area contributed by atoms with Crippen LogP contribution in [0.3, 0.4) is 0 Å². The van der Waals surface area contributed by atoms with Crippen molar-refractivity contribution in [2.45, 2.75) is 38.1 Å². The molecule has 128 valence electrons. The topological polar surface area (TPSA) is 20.3 Å². The molecule has 0 radical (unpaired) electrons. The predicted molar refractivity (Wildman–Crippen MR) is 102 cm³/mol. The molecule has 1 atom stereocenters. The van der Waals surface area contributed by atoms with Gasteiger partial charge in [0.1, 0.15) is 0 Å². The van der Waals surface area contributed by atoms with E-state index < -0.39 is 0 Å². The zero-order valence-electron chi connectivity index (χ0n) is 14.4. The quantitative estimate of drug-likeness (QED) is 0.716. The Balaban J connectivity index is 0.00000208. The highest BCUT2D eigenvalue weighted by Gasteiger charge is 2.35. The molecule has 1 aliphatic rings. The number of hydrogen-bond acceptors (Lipinski definition) is 2. The SMILES string of the molecule is CC1(C)CCCN1CC(C(=O)c1ccccc1)c1ccccc1.Cl. The van der Waals surface area contributed by atoms with Crippen molar-refractivity contribution in [3.63, 3.8) is 0 Å². The summed E-state index contributed by atoms with van der Waals surface area (Å²) in [6, 6.07) is 19.9. The Hall–Kier alpha value is -1.64. The molecule has 1 fully saturated rings. The van der Waals surface area contributed by atoms with E-state index >= 15 is 0 Å². The van der Waals surface area contributed by atoms with Crippen molar-refractivity contribution >= 4 is 18.2 Å². The summed E-state index contributed by atoms with van der Waals surface area (Å²) < 4.78 is 0. The number of benzene rings is 2. The number of Topliss-reactive ketones (excluding diaryl/α,β-unsaturated/α-hetero) is 1. The summed E-state index contributed by atoms with van der Waals surface area (Å²) in [5.74, 6) is 0.121. The molecule has 1 heterocycles. The fraction of sp³-hybridized carbons (Fsp3) is 0.381. The largest absolute Gasteiger partial charge is 0.297 e.